The predicted octanol–water partition coefficient (Wildman–Crippen LogP) is 3.02. The third-order valence-corrected chi connectivity index (χ3v) is 3.17. The van der Waals surface area contributed by atoms with E-state index in [1.807, 2.05) is 6.07 Å². The molecule has 0 fully saturated rings. The van der Waals surface area contributed by atoms with Gasteiger partial charge in [-0.1, -0.05) is 36.4 Å². The lowest BCUT2D eigenvalue weighted by Crippen LogP contribution is -2.24. The maximum Gasteiger partial charge on any atom is 0.251 e. The highest BCUT2D eigenvalue weighted by Gasteiger charge is 2.04. The summed E-state index contributed by atoms with van der Waals surface area (Å²) in [5.74, 6) is -0.0583. The lowest BCUT2D eigenvalue weighted by atomic mass is 10.1. The Bertz CT molecular complexity index is 552. The van der Waals surface area contributed by atoms with Crippen molar-refractivity contribution in [2.45, 2.75) is 19.3 Å². The monoisotopic (exact) mass is 268 g/mol. The molecule has 0 atom stereocenters. The van der Waals surface area contributed by atoms with Gasteiger partial charge in [-0.3, -0.25) is 4.79 Å². The first-order valence-electron chi connectivity index (χ1n) is 6.93. The van der Waals surface area contributed by atoms with Crippen LogP contribution in [0.25, 0.3) is 0 Å². The smallest absolute Gasteiger partial charge is 0.251 e. The lowest BCUT2D eigenvalue weighted by molar-refractivity contribution is 0.0953. The summed E-state index contributed by atoms with van der Waals surface area (Å²) in [4.78, 5) is 11.9. The summed E-state index contributed by atoms with van der Waals surface area (Å²) in [7, 11) is 0. The Morgan fingerprint density at radius 3 is 2.55 bits per heavy atom. The molecule has 1 amide bonds. The summed E-state index contributed by atoms with van der Waals surface area (Å²) in [6.45, 7) is 0.695. The third-order valence-electron chi connectivity index (χ3n) is 3.17. The molecule has 0 saturated carbocycles. The fourth-order valence-electron chi connectivity index (χ4n) is 2.08. The molecule has 104 valence electrons. The maximum atomic E-state index is 11.9. The Balaban J connectivity index is 1.67. The summed E-state index contributed by atoms with van der Waals surface area (Å²) in [5, 5.41) is 2.92. The number of benzene rings is 2. The average molecular weight is 268 g/mol. The first-order chi connectivity index (χ1) is 9.75. The summed E-state index contributed by atoms with van der Waals surface area (Å²) in [5.41, 5.74) is 8.23. The van der Waals surface area contributed by atoms with Gasteiger partial charge in [0.15, 0.2) is 0 Å². The van der Waals surface area contributed by atoms with Gasteiger partial charge < -0.3 is 11.1 Å². The minimum Gasteiger partial charge on any atom is -0.399 e. The molecule has 0 bridgehead atoms. The van der Waals surface area contributed by atoms with Crippen molar-refractivity contribution < 1.29 is 4.79 Å². The van der Waals surface area contributed by atoms with Gasteiger partial charge in [0.1, 0.15) is 0 Å². The van der Waals surface area contributed by atoms with E-state index in [-0.39, 0.29) is 5.91 Å². The molecule has 3 N–H and O–H groups in total. The minimum atomic E-state index is -0.0583. The van der Waals surface area contributed by atoms with Gasteiger partial charge in [-0.2, -0.15) is 0 Å². The van der Waals surface area contributed by atoms with Crippen molar-refractivity contribution in [3.63, 3.8) is 0 Å². The van der Waals surface area contributed by atoms with Crippen LogP contribution in [0.2, 0.25) is 0 Å². The van der Waals surface area contributed by atoms with Gasteiger partial charge in [-0.15, -0.1) is 0 Å². The molecule has 0 aliphatic carbocycles. The second-order valence-electron chi connectivity index (χ2n) is 4.82. The quantitative estimate of drug-likeness (QED) is 0.625. The van der Waals surface area contributed by atoms with Crippen molar-refractivity contribution in [3.8, 4) is 0 Å². The lowest BCUT2D eigenvalue weighted by Gasteiger charge is -2.06. The number of unbranched alkanes of at least 4 members (excludes halogenated alkanes) is 1. The van der Waals surface area contributed by atoms with E-state index in [2.05, 4.69) is 29.6 Å². The Kier molecular flexibility index (Phi) is 5.18. The third kappa shape index (κ3) is 4.43. The number of nitrogens with two attached hydrogens (primary N) is 1. The van der Waals surface area contributed by atoms with Crippen LogP contribution in [0, 0.1) is 0 Å². The van der Waals surface area contributed by atoms with E-state index in [1.165, 1.54) is 5.56 Å². The van der Waals surface area contributed by atoms with E-state index in [0.717, 1.165) is 19.3 Å². The van der Waals surface area contributed by atoms with E-state index in [4.69, 9.17) is 5.73 Å². The summed E-state index contributed by atoms with van der Waals surface area (Å²) >= 11 is 0. The molecule has 0 unspecified atom stereocenters. The van der Waals surface area contributed by atoms with Crippen LogP contribution in [-0.2, 0) is 6.42 Å². The number of hydrogen-bond acceptors (Lipinski definition) is 2. The van der Waals surface area contributed by atoms with Gasteiger partial charge >= 0.3 is 0 Å². The van der Waals surface area contributed by atoms with Crippen molar-refractivity contribution in [1.82, 2.24) is 5.32 Å². The van der Waals surface area contributed by atoms with Crippen LogP contribution in [0.1, 0.15) is 28.8 Å². The Hall–Kier alpha value is -2.29. The van der Waals surface area contributed by atoms with Crippen LogP contribution >= 0.6 is 0 Å². The first-order valence-corrected chi connectivity index (χ1v) is 6.93. The number of nitrogen functional groups attached to an aromatic ring is 1. The molecule has 0 heterocycles. The number of carbonyl (C=O) groups is 1. The van der Waals surface area contributed by atoms with Crippen molar-refractivity contribution in [2.24, 2.45) is 0 Å². The molecule has 3 heteroatoms. The number of hydrogen-bond donors (Lipinski definition) is 2. The molecule has 2 rings (SSSR count). The highest BCUT2D eigenvalue weighted by atomic mass is 16.1. The topological polar surface area (TPSA) is 55.1 Å². The van der Waals surface area contributed by atoms with Crippen LogP contribution < -0.4 is 11.1 Å². The standard InChI is InChI=1S/C17H20N2O/c18-16-11-6-10-15(13-16)17(20)19-12-5-4-9-14-7-2-1-3-8-14/h1-3,6-8,10-11,13H,4-5,9,12,18H2,(H,19,20). The largest absolute Gasteiger partial charge is 0.399 e. The SMILES string of the molecule is Nc1cccc(C(=O)NCCCCc2ccccc2)c1. The molecule has 20 heavy (non-hydrogen) atoms. The molecule has 0 aromatic heterocycles. The van der Waals surface area contributed by atoms with E-state index in [9.17, 15) is 4.79 Å². The Morgan fingerprint density at radius 1 is 1.00 bits per heavy atom. The van der Waals surface area contributed by atoms with E-state index in [1.54, 1.807) is 24.3 Å². The predicted molar refractivity (Wildman–Crippen MR) is 82.6 cm³/mol. The first kappa shape index (κ1) is 14.1. The zero-order chi connectivity index (χ0) is 14.2. The number of carbonyl (C=O) groups excluding carboxylic acids is 1. The van der Waals surface area contributed by atoms with Gasteiger partial charge in [-0.25, -0.2) is 0 Å². The van der Waals surface area contributed by atoms with Gasteiger partial charge in [0.05, 0.1) is 0 Å². The Labute approximate surface area is 119 Å². The molecule has 0 radical (unpaired) electrons. The second kappa shape index (κ2) is 7.34. The average Bonchev–Trinajstić information content (AvgIpc) is 2.48. The molecule has 0 spiro atoms. The highest BCUT2D eigenvalue weighted by Crippen LogP contribution is 2.07. The fraction of sp³-hybridized carbons (Fsp3) is 0.235. The summed E-state index contributed by atoms with van der Waals surface area (Å²) in [6, 6.07) is 17.4. The van der Waals surface area contributed by atoms with E-state index < -0.39 is 0 Å². The summed E-state index contributed by atoms with van der Waals surface area (Å²) in [6.07, 6.45) is 3.10. The minimum absolute atomic E-state index is 0.0583. The Morgan fingerprint density at radius 2 is 1.80 bits per heavy atom. The number of rotatable bonds is 6. The molecule has 2 aromatic carbocycles. The zero-order valence-corrected chi connectivity index (χ0v) is 11.5. The van der Waals surface area contributed by atoms with Crippen LogP contribution in [0.3, 0.4) is 0 Å². The summed E-state index contributed by atoms with van der Waals surface area (Å²) < 4.78 is 0. The number of anilines is 1. The fourth-order valence-corrected chi connectivity index (χ4v) is 2.08. The molecule has 3 nitrogen and oxygen atoms in total. The maximum absolute atomic E-state index is 11.9. The van der Waals surface area contributed by atoms with E-state index in [0.29, 0.717) is 17.8 Å². The molecular formula is C17H20N2O. The van der Waals surface area contributed by atoms with Gasteiger partial charge in [0.25, 0.3) is 5.91 Å². The van der Waals surface area contributed by atoms with Crippen LogP contribution in [0.15, 0.2) is 54.6 Å². The van der Waals surface area contributed by atoms with E-state index >= 15 is 0 Å². The van der Waals surface area contributed by atoms with Gasteiger partial charge in [-0.05, 0) is 43.0 Å². The van der Waals surface area contributed by atoms with Crippen molar-refractivity contribution >= 4 is 11.6 Å². The van der Waals surface area contributed by atoms with Crippen LogP contribution in [0.5, 0.6) is 0 Å². The highest BCUT2D eigenvalue weighted by molar-refractivity contribution is 5.94. The van der Waals surface area contributed by atoms with Gasteiger partial charge in [0, 0.05) is 17.8 Å². The number of aryl methyl sites for hydroxylation is 1. The van der Waals surface area contributed by atoms with Crippen molar-refractivity contribution in [1.29, 1.82) is 0 Å². The van der Waals surface area contributed by atoms with Crippen molar-refractivity contribution in [3.05, 3.63) is 65.7 Å². The number of nitrogens with one attached hydrogen (secondary N) is 1. The van der Waals surface area contributed by atoms with Gasteiger partial charge in [0.2, 0.25) is 0 Å². The zero-order valence-electron chi connectivity index (χ0n) is 11.5. The molecule has 0 aliphatic heterocycles. The van der Waals surface area contributed by atoms with Crippen LogP contribution in [0.4, 0.5) is 5.69 Å². The van der Waals surface area contributed by atoms with Crippen molar-refractivity contribution in [2.75, 3.05) is 12.3 Å². The number of amides is 1. The second-order valence-corrected chi connectivity index (χ2v) is 4.82. The normalized spacial score (nSPS) is 10.2. The van der Waals surface area contributed by atoms with Crippen LogP contribution in [-0.4, -0.2) is 12.5 Å². The molecular weight excluding hydrogens is 248 g/mol. The molecule has 2 aromatic rings. The molecule has 0 saturated heterocycles. The molecule has 0 aliphatic rings.